The van der Waals surface area contributed by atoms with E-state index in [1.54, 1.807) is 0 Å². The van der Waals surface area contributed by atoms with Gasteiger partial charge in [0.15, 0.2) is 11.5 Å². The predicted octanol–water partition coefficient (Wildman–Crippen LogP) is 1.88. The average Bonchev–Trinajstić information content (AvgIpc) is 2.73. The van der Waals surface area contributed by atoms with E-state index in [2.05, 4.69) is 9.97 Å². The molecule has 1 aromatic carbocycles. The van der Waals surface area contributed by atoms with Gasteiger partial charge in [-0.3, -0.25) is 18.7 Å². The van der Waals surface area contributed by atoms with E-state index in [4.69, 9.17) is 4.74 Å². The first-order valence-corrected chi connectivity index (χ1v) is 9.64. The van der Waals surface area contributed by atoms with Gasteiger partial charge in [-0.1, -0.05) is 18.7 Å². The standard InChI is InChI=1S/C19H19FN4O4S/c1-5-12(18(26)28-4)29-16-13-15(23(2)19(27)24(3)17(13)25)21-14(22-16)10-6-8-11(20)9-7-10/h6-9,12H,5H2,1-4H3. The van der Waals surface area contributed by atoms with Gasteiger partial charge >= 0.3 is 11.7 Å². The molecule has 10 heteroatoms. The van der Waals surface area contributed by atoms with Crippen LogP contribution in [0.3, 0.4) is 0 Å². The molecule has 0 saturated carbocycles. The van der Waals surface area contributed by atoms with Gasteiger partial charge in [0, 0.05) is 19.7 Å². The molecular weight excluding hydrogens is 399 g/mol. The zero-order valence-corrected chi connectivity index (χ0v) is 17.1. The lowest BCUT2D eigenvalue weighted by molar-refractivity contribution is -0.140. The van der Waals surface area contributed by atoms with Crippen molar-refractivity contribution in [2.45, 2.75) is 23.6 Å². The molecule has 0 aliphatic carbocycles. The highest BCUT2D eigenvalue weighted by Gasteiger charge is 2.24. The van der Waals surface area contributed by atoms with Crippen molar-refractivity contribution in [1.82, 2.24) is 19.1 Å². The van der Waals surface area contributed by atoms with Gasteiger partial charge in [-0.05, 0) is 30.7 Å². The van der Waals surface area contributed by atoms with Crippen LogP contribution in [-0.2, 0) is 23.6 Å². The second-order valence-electron chi connectivity index (χ2n) is 6.30. The van der Waals surface area contributed by atoms with Crippen LogP contribution in [0.4, 0.5) is 4.39 Å². The molecule has 8 nitrogen and oxygen atoms in total. The molecule has 2 aromatic heterocycles. The van der Waals surface area contributed by atoms with Gasteiger partial charge in [0.1, 0.15) is 21.5 Å². The van der Waals surface area contributed by atoms with Crippen molar-refractivity contribution in [2.24, 2.45) is 14.1 Å². The number of thioether (sulfide) groups is 1. The van der Waals surface area contributed by atoms with E-state index in [1.165, 1.54) is 50.0 Å². The van der Waals surface area contributed by atoms with Crippen LogP contribution in [0.25, 0.3) is 22.4 Å². The molecule has 0 fully saturated rings. The molecule has 0 aliphatic heterocycles. The van der Waals surface area contributed by atoms with Crippen molar-refractivity contribution in [3.05, 3.63) is 50.9 Å². The number of esters is 1. The van der Waals surface area contributed by atoms with Crippen molar-refractivity contribution in [2.75, 3.05) is 7.11 Å². The highest BCUT2D eigenvalue weighted by Crippen LogP contribution is 2.30. The quantitative estimate of drug-likeness (QED) is 0.355. The molecule has 0 saturated heterocycles. The second kappa shape index (κ2) is 8.16. The molecule has 1 atom stereocenters. The monoisotopic (exact) mass is 418 g/mol. The number of nitrogens with zero attached hydrogens (tertiary/aromatic N) is 4. The number of benzene rings is 1. The van der Waals surface area contributed by atoms with Gasteiger partial charge in [0.05, 0.1) is 7.11 Å². The minimum atomic E-state index is -0.596. The molecule has 0 amide bonds. The van der Waals surface area contributed by atoms with Crippen LogP contribution in [0.2, 0.25) is 0 Å². The number of hydrogen-bond donors (Lipinski definition) is 0. The van der Waals surface area contributed by atoms with Gasteiger partial charge in [0.2, 0.25) is 0 Å². The summed E-state index contributed by atoms with van der Waals surface area (Å²) in [6.45, 7) is 1.81. The van der Waals surface area contributed by atoms with E-state index in [1.807, 2.05) is 6.92 Å². The normalized spacial score (nSPS) is 12.2. The van der Waals surface area contributed by atoms with Crippen LogP contribution in [0.1, 0.15) is 13.3 Å². The molecule has 0 N–H and O–H groups in total. The first-order valence-electron chi connectivity index (χ1n) is 8.76. The Morgan fingerprint density at radius 3 is 2.41 bits per heavy atom. The smallest absolute Gasteiger partial charge is 0.332 e. The van der Waals surface area contributed by atoms with E-state index < -0.39 is 28.3 Å². The lowest BCUT2D eigenvalue weighted by atomic mass is 10.2. The first-order chi connectivity index (χ1) is 13.8. The maximum Gasteiger partial charge on any atom is 0.332 e. The zero-order chi connectivity index (χ0) is 21.3. The summed E-state index contributed by atoms with van der Waals surface area (Å²) in [5, 5.41) is -0.211. The SMILES string of the molecule is CCC(Sc1nc(-c2ccc(F)cc2)nc2c1c(=O)n(C)c(=O)n2C)C(=O)OC. The molecule has 3 rings (SSSR count). The fourth-order valence-corrected chi connectivity index (χ4v) is 3.87. The van der Waals surface area contributed by atoms with Crippen LogP contribution in [-0.4, -0.2) is 37.4 Å². The minimum absolute atomic E-state index is 0.132. The summed E-state index contributed by atoms with van der Waals surface area (Å²) in [6.07, 6.45) is 0.445. The molecule has 0 radical (unpaired) electrons. The highest BCUT2D eigenvalue weighted by molar-refractivity contribution is 8.00. The summed E-state index contributed by atoms with van der Waals surface area (Å²) in [4.78, 5) is 46.1. The van der Waals surface area contributed by atoms with E-state index in [9.17, 15) is 18.8 Å². The Hall–Kier alpha value is -3.01. The average molecular weight is 418 g/mol. The van der Waals surface area contributed by atoms with Crippen molar-refractivity contribution >= 4 is 28.8 Å². The lowest BCUT2D eigenvalue weighted by Gasteiger charge is -2.15. The van der Waals surface area contributed by atoms with Crippen LogP contribution in [0.5, 0.6) is 0 Å². The Bertz CT molecular complexity index is 1200. The zero-order valence-electron chi connectivity index (χ0n) is 16.3. The third-order valence-corrected chi connectivity index (χ3v) is 5.79. The number of carbonyl (C=O) groups is 1. The summed E-state index contributed by atoms with van der Waals surface area (Å²) in [6, 6.07) is 5.54. The third kappa shape index (κ3) is 3.80. The Labute approximate surface area is 169 Å². The number of hydrogen-bond acceptors (Lipinski definition) is 7. The maximum absolute atomic E-state index is 13.3. The number of carbonyl (C=O) groups excluding carboxylic acids is 1. The van der Waals surface area contributed by atoms with Crippen molar-refractivity contribution in [3.63, 3.8) is 0 Å². The third-order valence-electron chi connectivity index (χ3n) is 4.46. The van der Waals surface area contributed by atoms with Crippen LogP contribution in [0, 0.1) is 5.82 Å². The molecule has 29 heavy (non-hydrogen) atoms. The Morgan fingerprint density at radius 1 is 1.17 bits per heavy atom. The number of halogens is 1. The topological polar surface area (TPSA) is 96.1 Å². The van der Waals surface area contributed by atoms with Crippen molar-refractivity contribution in [1.29, 1.82) is 0 Å². The molecular formula is C19H19FN4O4S. The number of methoxy groups -OCH3 is 1. The molecule has 0 aliphatic rings. The minimum Gasteiger partial charge on any atom is -0.468 e. The fraction of sp³-hybridized carbons (Fsp3) is 0.316. The van der Waals surface area contributed by atoms with Crippen molar-refractivity contribution in [3.8, 4) is 11.4 Å². The number of aryl methyl sites for hydroxylation is 1. The summed E-state index contributed by atoms with van der Waals surface area (Å²) >= 11 is 1.07. The van der Waals surface area contributed by atoms with Gasteiger partial charge in [-0.25, -0.2) is 19.2 Å². The lowest BCUT2D eigenvalue weighted by Crippen LogP contribution is -2.37. The first kappa shape index (κ1) is 20.7. The van der Waals surface area contributed by atoms with Crippen LogP contribution >= 0.6 is 11.8 Å². The predicted molar refractivity (Wildman–Crippen MR) is 107 cm³/mol. The fourth-order valence-electron chi connectivity index (χ4n) is 2.81. The van der Waals surface area contributed by atoms with Gasteiger partial charge in [-0.2, -0.15) is 0 Å². The van der Waals surface area contributed by atoms with Gasteiger partial charge < -0.3 is 4.74 Å². The molecule has 0 spiro atoms. The van der Waals surface area contributed by atoms with Gasteiger partial charge in [-0.15, -0.1) is 0 Å². The largest absolute Gasteiger partial charge is 0.468 e. The second-order valence-corrected chi connectivity index (χ2v) is 7.49. The number of fused-ring (bicyclic) bond motifs is 1. The van der Waals surface area contributed by atoms with E-state index in [0.717, 1.165) is 16.3 Å². The molecule has 2 heterocycles. The maximum atomic E-state index is 13.3. The number of aromatic nitrogens is 4. The van der Waals surface area contributed by atoms with E-state index >= 15 is 0 Å². The van der Waals surface area contributed by atoms with E-state index in [-0.39, 0.29) is 21.9 Å². The highest BCUT2D eigenvalue weighted by atomic mass is 32.2. The van der Waals surface area contributed by atoms with Crippen molar-refractivity contribution < 1.29 is 13.9 Å². The molecule has 152 valence electrons. The number of rotatable bonds is 5. The summed E-state index contributed by atoms with van der Waals surface area (Å²) < 4.78 is 20.3. The van der Waals surface area contributed by atoms with Crippen LogP contribution in [0.15, 0.2) is 38.9 Å². The summed E-state index contributed by atoms with van der Waals surface area (Å²) in [5.41, 5.74) is -0.456. The Balaban J connectivity index is 2.34. The summed E-state index contributed by atoms with van der Waals surface area (Å²) in [7, 11) is 4.15. The Morgan fingerprint density at radius 2 is 1.83 bits per heavy atom. The molecule has 1 unspecified atom stereocenters. The van der Waals surface area contributed by atoms with Crippen LogP contribution < -0.4 is 11.2 Å². The molecule has 3 aromatic rings. The Kier molecular flexibility index (Phi) is 5.83. The van der Waals surface area contributed by atoms with E-state index in [0.29, 0.717) is 12.0 Å². The summed E-state index contributed by atoms with van der Waals surface area (Å²) in [5.74, 6) is -0.653. The molecule has 0 bridgehead atoms. The number of ether oxygens (including phenoxy) is 1. The van der Waals surface area contributed by atoms with Gasteiger partial charge in [0.25, 0.3) is 5.56 Å².